The average Bonchev–Trinajstić information content (AvgIpc) is 2.85. The van der Waals surface area contributed by atoms with Gasteiger partial charge in [-0.2, -0.15) is 5.26 Å². The molecule has 3 aliphatic heterocycles. The average molecular weight is 347 g/mol. The lowest BCUT2D eigenvalue weighted by molar-refractivity contribution is 0.162. The van der Waals surface area contributed by atoms with Gasteiger partial charge in [0.2, 0.25) is 0 Å². The van der Waals surface area contributed by atoms with E-state index in [0.29, 0.717) is 18.0 Å². The lowest BCUT2D eigenvalue weighted by atomic mass is 9.83. The fourth-order valence-electron chi connectivity index (χ4n) is 4.82. The van der Waals surface area contributed by atoms with Gasteiger partial charge in [-0.25, -0.2) is 0 Å². The smallest absolute Gasteiger partial charge is 0.0992 e. The zero-order valence-corrected chi connectivity index (χ0v) is 15.1. The zero-order valence-electron chi connectivity index (χ0n) is 14.3. The van der Waals surface area contributed by atoms with E-state index in [4.69, 9.17) is 0 Å². The van der Waals surface area contributed by atoms with E-state index in [9.17, 15) is 5.26 Å². The van der Waals surface area contributed by atoms with Gasteiger partial charge in [0, 0.05) is 21.9 Å². The Morgan fingerprint density at radius 1 is 1.12 bits per heavy atom. The molecule has 2 unspecified atom stereocenters. The van der Waals surface area contributed by atoms with Crippen molar-refractivity contribution in [1.82, 2.24) is 4.90 Å². The highest BCUT2D eigenvalue weighted by molar-refractivity contribution is 7.99. The summed E-state index contributed by atoms with van der Waals surface area (Å²) in [5, 5.41) is 13.2. The summed E-state index contributed by atoms with van der Waals surface area (Å²) in [5.74, 6) is 0.550. The Morgan fingerprint density at radius 2 is 1.88 bits per heavy atom. The molecule has 0 radical (unpaired) electrons. The summed E-state index contributed by atoms with van der Waals surface area (Å²) in [6.45, 7) is 0. The van der Waals surface area contributed by atoms with Crippen LogP contribution in [0.3, 0.4) is 0 Å². The van der Waals surface area contributed by atoms with E-state index >= 15 is 0 Å². The molecule has 126 valence electrons. The summed E-state index contributed by atoms with van der Waals surface area (Å²) in [4.78, 5) is 5.01. The van der Waals surface area contributed by atoms with E-state index in [0.717, 1.165) is 5.56 Å². The molecule has 3 nitrogen and oxygen atoms in total. The molecule has 2 aromatic carbocycles. The maximum Gasteiger partial charge on any atom is 0.0992 e. The normalized spacial score (nSPS) is 27.1. The van der Waals surface area contributed by atoms with Gasteiger partial charge in [0.1, 0.15) is 0 Å². The summed E-state index contributed by atoms with van der Waals surface area (Å²) in [6.07, 6.45) is 5.07. The Bertz CT molecular complexity index is 871. The third kappa shape index (κ3) is 2.46. The number of piperidine rings is 1. The number of benzene rings is 2. The number of rotatable bonds is 1. The van der Waals surface area contributed by atoms with Crippen molar-refractivity contribution in [2.75, 3.05) is 12.4 Å². The first-order valence-corrected chi connectivity index (χ1v) is 9.88. The first-order valence-electron chi connectivity index (χ1n) is 9.07. The molecule has 0 amide bonds. The van der Waals surface area contributed by atoms with Gasteiger partial charge in [-0.05, 0) is 68.5 Å². The first kappa shape index (κ1) is 15.3. The van der Waals surface area contributed by atoms with Gasteiger partial charge >= 0.3 is 0 Å². The molecule has 0 saturated carbocycles. The van der Waals surface area contributed by atoms with E-state index in [1.54, 1.807) is 11.8 Å². The van der Waals surface area contributed by atoms with Crippen LogP contribution in [0.15, 0.2) is 46.2 Å². The molecule has 3 aliphatic rings. The number of hydrogen-bond donors (Lipinski definition) is 1. The van der Waals surface area contributed by atoms with Gasteiger partial charge in [-0.3, -0.25) is 0 Å². The van der Waals surface area contributed by atoms with Crippen LogP contribution in [-0.4, -0.2) is 24.0 Å². The zero-order chi connectivity index (χ0) is 17.0. The predicted molar refractivity (Wildman–Crippen MR) is 102 cm³/mol. The molecule has 5 rings (SSSR count). The Morgan fingerprint density at radius 3 is 2.64 bits per heavy atom. The molecule has 0 aromatic heterocycles. The molecule has 2 bridgehead atoms. The lowest BCUT2D eigenvalue weighted by Crippen LogP contribution is -2.39. The van der Waals surface area contributed by atoms with Crippen molar-refractivity contribution in [2.24, 2.45) is 0 Å². The Hall–Kier alpha value is -1.96. The van der Waals surface area contributed by atoms with Crippen LogP contribution in [0.5, 0.6) is 0 Å². The molecule has 3 heterocycles. The third-order valence-electron chi connectivity index (χ3n) is 6.17. The van der Waals surface area contributed by atoms with Crippen LogP contribution >= 0.6 is 11.8 Å². The molecule has 2 aromatic rings. The summed E-state index contributed by atoms with van der Waals surface area (Å²) >= 11 is 1.78. The molecule has 1 N–H and O–H groups in total. The van der Waals surface area contributed by atoms with Crippen molar-refractivity contribution < 1.29 is 0 Å². The van der Waals surface area contributed by atoms with Crippen molar-refractivity contribution in [2.45, 2.75) is 53.5 Å². The standard InChI is InChI=1S/C21H21N3S/c1-24-15-6-7-16(24)11-14(10-15)17-8-13(12-22)9-20-21(17)23-18-4-2-3-5-19(18)25-20/h2-5,8-9,14-16,23H,6-7,10-11H2,1H3. The van der Waals surface area contributed by atoms with E-state index in [1.807, 2.05) is 6.07 Å². The van der Waals surface area contributed by atoms with Crippen LogP contribution < -0.4 is 5.32 Å². The van der Waals surface area contributed by atoms with Crippen LogP contribution in [0, 0.1) is 11.3 Å². The van der Waals surface area contributed by atoms with Gasteiger partial charge in [0.05, 0.1) is 23.0 Å². The topological polar surface area (TPSA) is 39.1 Å². The van der Waals surface area contributed by atoms with Crippen molar-refractivity contribution in [3.8, 4) is 6.07 Å². The van der Waals surface area contributed by atoms with E-state index in [-0.39, 0.29) is 0 Å². The Labute approximate surface area is 153 Å². The van der Waals surface area contributed by atoms with Crippen LogP contribution in [0.1, 0.15) is 42.7 Å². The van der Waals surface area contributed by atoms with Gasteiger partial charge in [0.15, 0.2) is 0 Å². The van der Waals surface area contributed by atoms with Crippen LogP contribution in [-0.2, 0) is 0 Å². The lowest BCUT2D eigenvalue weighted by Gasteiger charge is -2.38. The quantitative estimate of drug-likeness (QED) is 0.664. The number of anilines is 2. The molecular formula is C21H21N3S. The maximum atomic E-state index is 9.53. The number of fused-ring (bicyclic) bond motifs is 4. The number of nitrogens with zero attached hydrogens (tertiary/aromatic N) is 2. The van der Waals surface area contributed by atoms with Gasteiger partial charge in [-0.15, -0.1) is 0 Å². The fourth-order valence-corrected chi connectivity index (χ4v) is 5.88. The second kappa shape index (κ2) is 5.79. The van der Waals surface area contributed by atoms with E-state index < -0.39 is 0 Å². The number of nitriles is 1. The number of para-hydroxylation sites is 1. The molecule has 0 spiro atoms. The maximum absolute atomic E-state index is 9.53. The minimum atomic E-state index is 0.550. The van der Waals surface area contributed by atoms with Gasteiger partial charge < -0.3 is 10.2 Å². The fraction of sp³-hybridized carbons (Fsp3) is 0.381. The minimum absolute atomic E-state index is 0.550. The molecule has 0 aliphatic carbocycles. The van der Waals surface area contributed by atoms with E-state index in [1.165, 1.54) is 52.4 Å². The highest BCUT2D eigenvalue weighted by Crippen LogP contribution is 2.50. The summed E-state index contributed by atoms with van der Waals surface area (Å²) in [7, 11) is 2.28. The molecule has 25 heavy (non-hydrogen) atoms. The summed E-state index contributed by atoms with van der Waals surface area (Å²) in [5.41, 5.74) is 4.55. The molecule has 2 saturated heterocycles. The molecular weight excluding hydrogens is 326 g/mol. The Balaban J connectivity index is 1.58. The van der Waals surface area contributed by atoms with Crippen molar-refractivity contribution in [3.05, 3.63) is 47.5 Å². The van der Waals surface area contributed by atoms with Crippen molar-refractivity contribution >= 4 is 23.1 Å². The predicted octanol–water partition coefficient (Wildman–Crippen LogP) is 5.11. The second-order valence-electron chi connectivity index (χ2n) is 7.49. The minimum Gasteiger partial charge on any atom is -0.353 e. The number of nitrogens with one attached hydrogen (secondary N) is 1. The largest absolute Gasteiger partial charge is 0.353 e. The van der Waals surface area contributed by atoms with Crippen LogP contribution in [0.25, 0.3) is 0 Å². The Kier molecular flexibility index (Phi) is 3.55. The summed E-state index contributed by atoms with van der Waals surface area (Å²) < 4.78 is 0. The van der Waals surface area contributed by atoms with Gasteiger partial charge in [-0.1, -0.05) is 23.9 Å². The van der Waals surface area contributed by atoms with Crippen molar-refractivity contribution in [3.63, 3.8) is 0 Å². The highest BCUT2D eigenvalue weighted by Gasteiger charge is 2.40. The van der Waals surface area contributed by atoms with E-state index in [2.05, 4.69) is 53.7 Å². The molecule has 4 heteroatoms. The molecule has 2 atom stereocenters. The third-order valence-corrected chi connectivity index (χ3v) is 7.28. The van der Waals surface area contributed by atoms with Crippen molar-refractivity contribution in [1.29, 1.82) is 5.26 Å². The monoisotopic (exact) mass is 347 g/mol. The highest BCUT2D eigenvalue weighted by atomic mass is 32.2. The van der Waals surface area contributed by atoms with Gasteiger partial charge in [0.25, 0.3) is 0 Å². The second-order valence-corrected chi connectivity index (χ2v) is 8.58. The van der Waals surface area contributed by atoms with Crippen LogP contribution in [0.4, 0.5) is 11.4 Å². The summed E-state index contributed by atoms with van der Waals surface area (Å²) in [6, 6.07) is 16.4. The number of hydrogen-bond acceptors (Lipinski definition) is 4. The first-order chi connectivity index (χ1) is 12.2. The SMILES string of the molecule is CN1C2CCC1CC(c1cc(C#N)cc3c1Nc1ccccc1S3)C2. The van der Waals surface area contributed by atoms with Crippen LogP contribution in [0.2, 0.25) is 0 Å². The molecule has 2 fully saturated rings.